The number of hydrogen-bond acceptors (Lipinski definition) is 3. The third-order valence-electron chi connectivity index (χ3n) is 4.55. The van der Waals surface area contributed by atoms with Crippen LogP contribution in [-0.4, -0.2) is 29.5 Å². The lowest BCUT2D eigenvalue weighted by molar-refractivity contribution is 0.0957. The number of carbonyl (C=O) groups is 1. The number of H-pyrrole nitrogens is 1. The van der Waals surface area contributed by atoms with Crippen molar-refractivity contribution >= 4 is 16.8 Å². The Morgan fingerprint density at radius 3 is 2.72 bits per heavy atom. The van der Waals surface area contributed by atoms with Crippen LogP contribution in [0.15, 0.2) is 36.4 Å². The van der Waals surface area contributed by atoms with Crippen LogP contribution < -0.4 is 11.2 Å². The smallest absolute Gasteiger partial charge is 0.252 e. The van der Waals surface area contributed by atoms with Crippen molar-refractivity contribution < 1.29 is 9.18 Å². The van der Waals surface area contributed by atoms with Crippen molar-refractivity contribution in [2.75, 3.05) is 13.6 Å². The highest BCUT2D eigenvalue weighted by Gasteiger charge is 2.23. The molecule has 2 heterocycles. The van der Waals surface area contributed by atoms with Crippen molar-refractivity contribution in [3.05, 3.63) is 58.9 Å². The summed E-state index contributed by atoms with van der Waals surface area (Å²) >= 11 is 0. The quantitative estimate of drug-likeness (QED) is 0.507. The van der Waals surface area contributed by atoms with Crippen LogP contribution in [0.25, 0.3) is 22.2 Å². The van der Waals surface area contributed by atoms with E-state index in [1.807, 2.05) is 31.3 Å². The molecule has 0 unspecified atom stereocenters. The van der Waals surface area contributed by atoms with Gasteiger partial charge in [0.25, 0.3) is 5.91 Å². The van der Waals surface area contributed by atoms with Crippen molar-refractivity contribution in [3.8, 4) is 11.3 Å². The molecule has 0 bridgehead atoms. The fraction of sp³-hybridized carbons (Fsp3) is 0.211. The molecule has 5 nitrogen and oxygen atoms in total. The van der Waals surface area contributed by atoms with Gasteiger partial charge in [0.05, 0.1) is 5.56 Å². The molecule has 0 atom stereocenters. The number of carbonyl (C=O) groups excluding carboxylic acids is 1. The van der Waals surface area contributed by atoms with Gasteiger partial charge in [-0.1, -0.05) is 24.3 Å². The van der Waals surface area contributed by atoms with Crippen LogP contribution in [0.3, 0.4) is 0 Å². The first-order valence-corrected chi connectivity index (χ1v) is 8.20. The number of hydrazine groups is 1. The van der Waals surface area contributed by atoms with E-state index in [0.717, 1.165) is 27.8 Å². The fourth-order valence-corrected chi connectivity index (χ4v) is 3.50. The average Bonchev–Trinajstić information content (AvgIpc) is 2.83. The third kappa shape index (κ3) is 2.79. The molecule has 4 N–H and O–H groups in total. The molecule has 1 aliphatic rings. The molecule has 0 fully saturated rings. The van der Waals surface area contributed by atoms with E-state index in [9.17, 15) is 9.18 Å². The molecule has 25 heavy (non-hydrogen) atoms. The second-order valence-corrected chi connectivity index (χ2v) is 6.47. The first-order valence-electron chi connectivity index (χ1n) is 8.20. The standard InChI is InChI=1S/C19H19FN4O/c1-24(21)10-11-2-4-12(5-3-11)18-14-6-7-22-19(25)15-8-13(20)9-16(23-18)17(14)15/h2-5,8-9,23H,6-7,10,21H2,1H3,(H,22,25). The number of hydrogen-bond donors (Lipinski definition) is 3. The van der Waals surface area contributed by atoms with Crippen LogP contribution in [0.5, 0.6) is 0 Å². The topological polar surface area (TPSA) is 74.2 Å². The molecule has 0 spiro atoms. The summed E-state index contributed by atoms with van der Waals surface area (Å²) in [6.07, 6.45) is 0.701. The summed E-state index contributed by atoms with van der Waals surface area (Å²) in [7, 11) is 1.82. The van der Waals surface area contributed by atoms with Crippen LogP contribution in [0.1, 0.15) is 21.5 Å². The van der Waals surface area contributed by atoms with Crippen LogP contribution in [0.4, 0.5) is 4.39 Å². The highest BCUT2D eigenvalue weighted by Crippen LogP contribution is 2.34. The molecule has 1 aromatic heterocycles. The third-order valence-corrected chi connectivity index (χ3v) is 4.55. The molecule has 4 rings (SSSR count). The van der Waals surface area contributed by atoms with E-state index < -0.39 is 5.82 Å². The van der Waals surface area contributed by atoms with Crippen LogP contribution >= 0.6 is 0 Å². The molecule has 0 saturated heterocycles. The van der Waals surface area contributed by atoms with E-state index in [1.54, 1.807) is 5.01 Å². The zero-order chi connectivity index (χ0) is 17.6. The summed E-state index contributed by atoms with van der Waals surface area (Å²) in [5.41, 5.74) is 5.15. The molecule has 128 valence electrons. The minimum atomic E-state index is -0.416. The predicted octanol–water partition coefficient (Wildman–Crippen LogP) is 2.57. The molecule has 0 aliphatic carbocycles. The van der Waals surface area contributed by atoms with Crippen molar-refractivity contribution in [1.29, 1.82) is 0 Å². The Bertz CT molecular complexity index is 960. The highest BCUT2D eigenvalue weighted by atomic mass is 19.1. The SMILES string of the molecule is CN(N)Cc1ccc(-c2[nH]c3cc(F)cc4c3c2CCNC4=O)cc1. The Morgan fingerprint density at radius 1 is 1.24 bits per heavy atom. The van der Waals surface area contributed by atoms with Gasteiger partial charge in [-0.3, -0.25) is 10.6 Å². The first-order chi connectivity index (χ1) is 12.0. The molecular weight excluding hydrogens is 319 g/mol. The molecule has 1 amide bonds. The lowest BCUT2D eigenvalue weighted by Gasteiger charge is -2.10. The number of aromatic nitrogens is 1. The number of amides is 1. The Kier molecular flexibility index (Phi) is 3.78. The monoisotopic (exact) mass is 338 g/mol. The minimum Gasteiger partial charge on any atom is -0.354 e. The molecule has 0 saturated carbocycles. The summed E-state index contributed by atoms with van der Waals surface area (Å²) in [5.74, 6) is 5.05. The number of aromatic amines is 1. The predicted molar refractivity (Wildman–Crippen MR) is 95.4 cm³/mol. The number of nitrogens with two attached hydrogens (primary N) is 1. The van der Waals surface area contributed by atoms with Gasteiger partial charge in [0, 0.05) is 36.7 Å². The van der Waals surface area contributed by atoms with E-state index in [1.165, 1.54) is 12.1 Å². The Hall–Kier alpha value is -2.70. The van der Waals surface area contributed by atoms with Gasteiger partial charge in [0.1, 0.15) is 5.82 Å². The molecule has 3 aromatic rings. The molecule has 1 aliphatic heterocycles. The number of nitrogens with one attached hydrogen (secondary N) is 2. The van der Waals surface area contributed by atoms with E-state index in [2.05, 4.69) is 10.3 Å². The van der Waals surface area contributed by atoms with E-state index in [4.69, 9.17) is 5.84 Å². The fourth-order valence-electron chi connectivity index (χ4n) is 3.50. The molecular formula is C19H19FN4O. The Labute approximate surface area is 144 Å². The van der Waals surface area contributed by atoms with Crippen LogP contribution in [0, 0.1) is 5.82 Å². The van der Waals surface area contributed by atoms with Gasteiger partial charge < -0.3 is 10.3 Å². The maximum atomic E-state index is 13.9. The normalized spacial score (nSPS) is 14.0. The summed E-state index contributed by atoms with van der Waals surface area (Å²) in [4.78, 5) is 15.5. The van der Waals surface area contributed by atoms with E-state index >= 15 is 0 Å². The summed E-state index contributed by atoms with van der Waals surface area (Å²) in [6, 6.07) is 10.9. The number of nitrogens with zero attached hydrogens (tertiary/aromatic N) is 1. The second kappa shape index (κ2) is 5.98. The average molecular weight is 338 g/mol. The minimum absolute atomic E-state index is 0.227. The van der Waals surface area contributed by atoms with Crippen molar-refractivity contribution in [2.24, 2.45) is 5.84 Å². The van der Waals surface area contributed by atoms with Crippen molar-refractivity contribution in [3.63, 3.8) is 0 Å². The first kappa shape index (κ1) is 15.8. The number of rotatable bonds is 3. The summed E-state index contributed by atoms with van der Waals surface area (Å²) < 4.78 is 13.9. The second-order valence-electron chi connectivity index (χ2n) is 6.47. The summed E-state index contributed by atoms with van der Waals surface area (Å²) in [5, 5.41) is 5.28. The Balaban J connectivity index is 1.86. The van der Waals surface area contributed by atoms with Gasteiger partial charge in [-0.25, -0.2) is 9.40 Å². The van der Waals surface area contributed by atoms with E-state index in [0.29, 0.717) is 30.6 Å². The zero-order valence-electron chi connectivity index (χ0n) is 13.9. The zero-order valence-corrected chi connectivity index (χ0v) is 13.9. The largest absolute Gasteiger partial charge is 0.354 e. The highest BCUT2D eigenvalue weighted by molar-refractivity contribution is 6.10. The van der Waals surface area contributed by atoms with Gasteiger partial charge in [0.15, 0.2) is 0 Å². The van der Waals surface area contributed by atoms with Gasteiger partial charge in [-0.2, -0.15) is 0 Å². The molecule has 2 aromatic carbocycles. The van der Waals surface area contributed by atoms with Gasteiger partial charge >= 0.3 is 0 Å². The maximum Gasteiger partial charge on any atom is 0.252 e. The Morgan fingerprint density at radius 2 is 2.00 bits per heavy atom. The van der Waals surface area contributed by atoms with E-state index in [-0.39, 0.29) is 5.91 Å². The van der Waals surface area contributed by atoms with Gasteiger partial charge in [-0.05, 0) is 35.2 Å². The molecule has 0 radical (unpaired) electrons. The van der Waals surface area contributed by atoms with Crippen molar-refractivity contribution in [1.82, 2.24) is 15.3 Å². The van der Waals surface area contributed by atoms with Gasteiger partial charge in [-0.15, -0.1) is 0 Å². The van der Waals surface area contributed by atoms with Crippen molar-refractivity contribution in [2.45, 2.75) is 13.0 Å². The van der Waals surface area contributed by atoms with Crippen LogP contribution in [-0.2, 0) is 13.0 Å². The van der Waals surface area contributed by atoms with Crippen LogP contribution in [0.2, 0.25) is 0 Å². The maximum absolute atomic E-state index is 13.9. The lowest BCUT2D eigenvalue weighted by atomic mass is 9.99. The number of halogens is 1. The van der Waals surface area contributed by atoms with Gasteiger partial charge in [0.2, 0.25) is 0 Å². The summed E-state index contributed by atoms with van der Waals surface area (Å²) in [6.45, 7) is 1.19. The number of benzene rings is 2. The lowest BCUT2D eigenvalue weighted by Crippen LogP contribution is -2.24. The molecule has 6 heteroatoms.